The van der Waals surface area contributed by atoms with Crippen molar-refractivity contribution in [2.24, 2.45) is 0 Å². The van der Waals surface area contributed by atoms with Crippen LogP contribution in [-0.4, -0.2) is 78.8 Å². The van der Waals surface area contributed by atoms with Crippen molar-refractivity contribution < 1.29 is 14.4 Å². The van der Waals surface area contributed by atoms with E-state index >= 15 is 0 Å². The highest BCUT2D eigenvalue weighted by molar-refractivity contribution is 5.77. The van der Waals surface area contributed by atoms with Gasteiger partial charge in [-0.05, 0) is 19.9 Å². The molecule has 3 heterocycles. The number of morpholine rings is 1. The third-order valence-electron chi connectivity index (χ3n) is 4.49. The van der Waals surface area contributed by atoms with Crippen molar-refractivity contribution in [3.63, 3.8) is 0 Å². The Morgan fingerprint density at radius 3 is 2.39 bits per heavy atom. The molecule has 0 saturated carbocycles. The summed E-state index contributed by atoms with van der Waals surface area (Å²) >= 11 is 0. The Kier molecular flexibility index (Phi) is 5.07. The molecule has 2 aliphatic rings. The average molecular weight is 320 g/mol. The average Bonchev–Trinajstić information content (AvgIpc) is 2.55. The largest absolute Gasteiger partial charge is 0.364 e. The van der Waals surface area contributed by atoms with Gasteiger partial charge in [-0.3, -0.25) is 4.79 Å². The van der Waals surface area contributed by atoms with E-state index in [4.69, 9.17) is 4.74 Å². The van der Waals surface area contributed by atoms with E-state index in [1.807, 2.05) is 11.0 Å². The number of piperazine rings is 1. The molecule has 0 spiro atoms. The summed E-state index contributed by atoms with van der Waals surface area (Å²) in [6.07, 6.45) is 3.97. The highest BCUT2D eigenvalue weighted by Gasteiger charge is 2.30. The fraction of sp³-hybridized carbons (Fsp3) is 0.688. The molecule has 0 unspecified atom stereocenters. The number of carbonyl (C=O) groups excluding carboxylic acids is 1. The second-order valence-electron chi connectivity index (χ2n) is 6.51. The van der Waals surface area contributed by atoms with Crippen LogP contribution < -0.4 is 9.80 Å². The van der Waals surface area contributed by atoms with Gasteiger partial charge in [0, 0.05) is 38.6 Å². The van der Waals surface area contributed by atoms with Crippen molar-refractivity contribution in [3.05, 3.63) is 18.5 Å². The van der Waals surface area contributed by atoms with Crippen LogP contribution in [0.4, 0.5) is 5.95 Å². The first-order valence-corrected chi connectivity index (χ1v) is 8.40. The first kappa shape index (κ1) is 16.1. The summed E-state index contributed by atoms with van der Waals surface area (Å²) in [6, 6.07) is 1.82. The van der Waals surface area contributed by atoms with Crippen LogP contribution in [0.25, 0.3) is 0 Å². The number of amides is 1. The van der Waals surface area contributed by atoms with Gasteiger partial charge in [0.25, 0.3) is 5.91 Å². The summed E-state index contributed by atoms with van der Waals surface area (Å²) in [4.78, 5) is 26.5. The van der Waals surface area contributed by atoms with Gasteiger partial charge in [-0.25, -0.2) is 9.97 Å². The molecule has 2 atom stereocenters. The molecule has 23 heavy (non-hydrogen) atoms. The molecule has 0 aromatic carbocycles. The zero-order chi connectivity index (χ0) is 16.2. The van der Waals surface area contributed by atoms with Crippen molar-refractivity contribution in [2.75, 3.05) is 50.7 Å². The summed E-state index contributed by atoms with van der Waals surface area (Å²) in [6.45, 7) is 9.62. The molecule has 7 nitrogen and oxygen atoms in total. The Morgan fingerprint density at radius 1 is 1.17 bits per heavy atom. The Labute approximate surface area is 137 Å². The van der Waals surface area contributed by atoms with Gasteiger partial charge in [0.1, 0.15) is 25.3 Å². The third kappa shape index (κ3) is 4.17. The number of anilines is 1. The number of quaternary nitrogens is 1. The van der Waals surface area contributed by atoms with Crippen LogP contribution >= 0.6 is 0 Å². The molecular weight excluding hydrogens is 294 g/mol. The minimum absolute atomic E-state index is 0.230. The molecule has 1 aromatic heterocycles. The summed E-state index contributed by atoms with van der Waals surface area (Å²) in [7, 11) is 0. The Bertz CT molecular complexity index is 508. The fourth-order valence-corrected chi connectivity index (χ4v) is 3.47. The first-order valence-electron chi connectivity index (χ1n) is 8.40. The van der Waals surface area contributed by atoms with Crippen molar-refractivity contribution >= 4 is 11.9 Å². The molecular formula is C16H26N5O2+. The fourth-order valence-electron chi connectivity index (χ4n) is 3.47. The van der Waals surface area contributed by atoms with E-state index < -0.39 is 0 Å². The lowest BCUT2D eigenvalue weighted by atomic mass is 10.2. The van der Waals surface area contributed by atoms with Crippen LogP contribution in [0.5, 0.6) is 0 Å². The monoisotopic (exact) mass is 320 g/mol. The van der Waals surface area contributed by atoms with E-state index in [9.17, 15) is 4.79 Å². The van der Waals surface area contributed by atoms with E-state index in [-0.39, 0.29) is 18.1 Å². The molecule has 1 aromatic rings. The molecule has 126 valence electrons. The molecule has 2 saturated heterocycles. The number of nitrogens with one attached hydrogen (secondary N) is 1. The maximum Gasteiger partial charge on any atom is 0.277 e. The maximum atomic E-state index is 12.5. The predicted octanol–water partition coefficient (Wildman–Crippen LogP) is -1.18. The van der Waals surface area contributed by atoms with Crippen LogP contribution in [0.15, 0.2) is 18.5 Å². The summed E-state index contributed by atoms with van der Waals surface area (Å²) < 4.78 is 5.74. The smallest absolute Gasteiger partial charge is 0.277 e. The maximum absolute atomic E-state index is 12.5. The number of aromatic nitrogens is 2. The summed E-state index contributed by atoms with van der Waals surface area (Å²) in [5.74, 6) is 0.996. The lowest BCUT2D eigenvalue weighted by molar-refractivity contribution is -0.907. The molecule has 2 fully saturated rings. The summed E-state index contributed by atoms with van der Waals surface area (Å²) in [5, 5.41) is 0. The first-order chi connectivity index (χ1) is 11.1. The van der Waals surface area contributed by atoms with E-state index in [1.54, 1.807) is 12.4 Å². The number of rotatable bonds is 3. The van der Waals surface area contributed by atoms with Crippen molar-refractivity contribution in [3.8, 4) is 0 Å². The van der Waals surface area contributed by atoms with Gasteiger partial charge in [0.2, 0.25) is 5.95 Å². The van der Waals surface area contributed by atoms with Gasteiger partial charge in [-0.1, -0.05) is 0 Å². The molecule has 1 N–H and O–H groups in total. The molecule has 7 heteroatoms. The Balaban J connectivity index is 1.48. The van der Waals surface area contributed by atoms with Crippen LogP contribution in [0.3, 0.4) is 0 Å². The van der Waals surface area contributed by atoms with Crippen molar-refractivity contribution in [1.29, 1.82) is 0 Å². The lowest BCUT2D eigenvalue weighted by Gasteiger charge is -2.36. The number of hydrogen-bond donors (Lipinski definition) is 1. The zero-order valence-electron chi connectivity index (χ0n) is 13.9. The molecule has 0 radical (unpaired) electrons. The van der Waals surface area contributed by atoms with Gasteiger partial charge in [-0.15, -0.1) is 0 Å². The standard InChI is InChI=1S/C16H25N5O2/c1-13-10-19(11-14(2)23-13)12-15(22)20-6-8-21(9-7-20)16-17-4-3-5-18-16/h3-5,13-14H,6-12H2,1-2H3/p+1/t13-,14-/m1/s1. The zero-order valence-corrected chi connectivity index (χ0v) is 13.9. The highest BCUT2D eigenvalue weighted by Crippen LogP contribution is 2.09. The van der Waals surface area contributed by atoms with Crippen molar-refractivity contribution in [2.45, 2.75) is 26.1 Å². The minimum atomic E-state index is 0.230. The highest BCUT2D eigenvalue weighted by atomic mass is 16.5. The van der Waals surface area contributed by atoms with Gasteiger partial charge in [0.15, 0.2) is 6.54 Å². The minimum Gasteiger partial charge on any atom is -0.364 e. The van der Waals surface area contributed by atoms with Crippen LogP contribution in [0.2, 0.25) is 0 Å². The molecule has 1 amide bonds. The Morgan fingerprint density at radius 2 is 1.78 bits per heavy atom. The molecule has 2 aliphatic heterocycles. The normalized spacial score (nSPS) is 28.7. The summed E-state index contributed by atoms with van der Waals surface area (Å²) in [5.41, 5.74) is 0. The number of nitrogens with zero attached hydrogens (tertiary/aromatic N) is 4. The van der Waals surface area contributed by atoms with E-state index in [1.165, 1.54) is 4.90 Å². The SMILES string of the molecule is C[C@@H]1C[NH+](CC(=O)N2CCN(c3ncccn3)CC2)C[C@@H](C)O1. The van der Waals surface area contributed by atoms with E-state index in [2.05, 4.69) is 28.7 Å². The van der Waals surface area contributed by atoms with E-state index in [0.29, 0.717) is 6.54 Å². The number of carbonyl (C=O) groups is 1. The Hall–Kier alpha value is -1.73. The van der Waals surface area contributed by atoms with Crippen LogP contribution in [-0.2, 0) is 9.53 Å². The molecule has 0 bridgehead atoms. The molecule has 0 aliphatic carbocycles. The van der Waals surface area contributed by atoms with Gasteiger partial charge in [0.05, 0.1) is 0 Å². The quantitative estimate of drug-likeness (QED) is 0.759. The number of ether oxygens (including phenoxy) is 1. The van der Waals surface area contributed by atoms with Gasteiger partial charge >= 0.3 is 0 Å². The van der Waals surface area contributed by atoms with Crippen LogP contribution in [0.1, 0.15) is 13.8 Å². The molecule has 3 rings (SSSR count). The second-order valence-corrected chi connectivity index (χ2v) is 6.51. The van der Waals surface area contributed by atoms with Crippen molar-refractivity contribution in [1.82, 2.24) is 14.9 Å². The van der Waals surface area contributed by atoms with Gasteiger partial charge in [-0.2, -0.15) is 0 Å². The number of hydrogen-bond acceptors (Lipinski definition) is 5. The predicted molar refractivity (Wildman–Crippen MR) is 86.4 cm³/mol. The third-order valence-corrected chi connectivity index (χ3v) is 4.49. The lowest BCUT2D eigenvalue weighted by Crippen LogP contribution is -3.16. The topological polar surface area (TPSA) is 63.0 Å². The van der Waals surface area contributed by atoms with E-state index in [0.717, 1.165) is 45.2 Å². The van der Waals surface area contributed by atoms with Gasteiger partial charge < -0.3 is 19.4 Å². The van der Waals surface area contributed by atoms with Crippen LogP contribution in [0, 0.1) is 0 Å². The second kappa shape index (κ2) is 7.23.